The third kappa shape index (κ3) is 2.97. The van der Waals surface area contributed by atoms with Gasteiger partial charge in [-0.25, -0.2) is 13.4 Å². The molecule has 3 heterocycles. The molecule has 1 fully saturated rings. The summed E-state index contributed by atoms with van der Waals surface area (Å²) in [5.41, 5.74) is 3.49. The molecule has 0 N–H and O–H groups in total. The smallest absolute Gasteiger partial charge is 0.252 e. The van der Waals surface area contributed by atoms with Crippen LogP contribution in [0.5, 0.6) is 0 Å². The molecule has 1 aliphatic heterocycles. The summed E-state index contributed by atoms with van der Waals surface area (Å²) in [6.07, 6.45) is 0. The summed E-state index contributed by atoms with van der Waals surface area (Å²) < 4.78 is 28.5. The highest BCUT2D eigenvalue weighted by atomic mass is 32.2. The first-order valence-electron chi connectivity index (χ1n) is 8.12. The van der Waals surface area contributed by atoms with Gasteiger partial charge < -0.3 is 4.90 Å². The lowest BCUT2D eigenvalue weighted by Gasteiger charge is -2.33. The zero-order valence-corrected chi connectivity index (χ0v) is 16.5. The molecule has 4 rings (SSSR count). The lowest BCUT2D eigenvalue weighted by Crippen LogP contribution is -2.48. The quantitative estimate of drug-likeness (QED) is 0.684. The van der Waals surface area contributed by atoms with Crippen LogP contribution >= 0.6 is 22.7 Å². The molecule has 0 radical (unpaired) electrons. The minimum atomic E-state index is -3.35. The summed E-state index contributed by atoms with van der Waals surface area (Å²) in [5.74, 6) is 0. The van der Waals surface area contributed by atoms with Crippen LogP contribution in [0.4, 0.5) is 5.13 Å². The van der Waals surface area contributed by atoms with E-state index >= 15 is 0 Å². The predicted molar refractivity (Wildman–Crippen MR) is 104 cm³/mol. The number of aromatic nitrogens is 1. The van der Waals surface area contributed by atoms with Crippen LogP contribution in [-0.2, 0) is 10.0 Å². The van der Waals surface area contributed by atoms with Gasteiger partial charge in [0.05, 0.1) is 10.2 Å². The van der Waals surface area contributed by atoms with E-state index in [0.717, 1.165) is 10.6 Å². The Morgan fingerprint density at radius 1 is 1.04 bits per heavy atom. The molecule has 5 nitrogen and oxygen atoms in total. The summed E-state index contributed by atoms with van der Waals surface area (Å²) in [6.45, 7) is 6.51. The second-order valence-corrected chi connectivity index (χ2v) is 10.3. The molecule has 25 heavy (non-hydrogen) atoms. The number of rotatable bonds is 3. The predicted octanol–water partition coefficient (Wildman–Crippen LogP) is 3.49. The van der Waals surface area contributed by atoms with E-state index in [9.17, 15) is 8.42 Å². The van der Waals surface area contributed by atoms with Crippen molar-refractivity contribution in [1.29, 1.82) is 0 Å². The molecule has 2 aromatic heterocycles. The summed E-state index contributed by atoms with van der Waals surface area (Å²) in [4.78, 5) is 7.01. The molecule has 8 heteroatoms. The molecule has 0 saturated carbocycles. The maximum atomic E-state index is 12.6. The van der Waals surface area contributed by atoms with E-state index < -0.39 is 10.0 Å². The second kappa shape index (κ2) is 6.35. The van der Waals surface area contributed by atoms with Crippen LogP contribution in [0.1, 0.15) is 11.1 Å². The van der Waals surface area contributed by atoms with Crippen LogP contribution in [0.2, 0.25) is 0 Å². The van der Waals surface area contributed by atoms with Gasteiger partial charge in [-0.2, -0.15) is 4.31 Å². The number of sulfonamides is 1. The monoisotopic (exact) mass is 393 g/mol. The molecule has 0 amide bonds. The van der Waals surface area contributed by atoms with Crippen LogP contribution in [0.15, 0.2) is 33.9 Å². The number of aryl methyl sites for hydroxylation is 2. The molecule has 0 atom stereocenters. The fraction of sp³-hybridized carbons (Fsp3) is 0.353. The van der Waals surface area contributed by atoms with E-state index in [1.54, 1.807) is 33.2 Å². The Labute approximate surface area is 155 Å². The normalized spacial score (nSPS) is 16.6. The number of thiazole rings is 1. The number of nitrogens with zero attached hydrogens (tertiary/aromatic N) is 3. The Morgan fingerprint density at radius 2 is 1.76 bits per heavy atom. The highest BCUT2D eigenvalue weighted by Crippen LogP contribution is 2.33. The average molecular weight is 394 g/mol. The number of hydrogen-bond acceptors (Lipinski definition) is 6. The number of thiophene rings is 1. The van der Waals surface area contributed by atoms with E-state index in [0.29, 0.717) is 30.4 Å². The summed E-state index contributed by atoms with van der Waals surface area (Å²) in [7, 11) is -3.35. The topological polar surface area (TPSA) is 53.5 Å². The number of hydrogen-bond donors (Lipinski definition) is 0. The van der Waals surface area contributed by atoms with Crippen molar-refractivity contribution in [1.82, 2.24) is 9.29 Å². The lowest BCUT2D eigenvalue weighted by atomic mass is 10.1. The van der Waals surface area contributed by atoms with Gasteiger partial charge in [-0.15, -0.1) is 11.3 Å². The number of anilines is 1. The molecule has 1 saturated heterocycles. The fourth-order valence-electron chi connectivity index (χ4n) is 3.04. The van der Waals surface area contributed by atoms with Crippen molar-refractivity contribution >= 4 is 48.0 Å². The van der Waals surface area contributed by atoms with E-state index in [1.807, 2.05) is 0 Å². The molecule has 0 bridgehead atoms. The van der Waals surface area contributed by atoms with E-state index in [2.05, 4.69) is 30.9 Å². The summed E-state index contributed by atoms with van der Waals surface area (Å²) >= 11 is 2.97. The minimum Gasteiger partial charge on any atom is -0.345 e. The summed E-state index contributed by atoms with van der Waals surface area (Å²) in [5, 5.41) is 2.79. The van der Waals surface area contributed by atoms with Gasteiger partial charge in [0.25, 0.3) is 10.0 Å². The van der Waals surface area contributed by atoms with Gasteiger partial charge in [0.1, 0.15) is 4.21 Å². The molecule has 132 valence electrons. The van der Waals surface area contributed by atoms with Crippen molar-refractivity contribution in [2.24, 2.45) is 0 Å². The lowest BCUT2D eigenvalue weighted by molar-refractivity contribution is 0.386. The zero-order chi connectivity index (χ0) is 17.6. The van der Waals surface area contributed by atoms with E-state index in [-0.39, 0.29) is 0 Å². The van der Waals surface area contributed by atoms with Crippen molar-refractivity contribution in [3.8, 4) is 0 Å². The molecule has 0 aliphatic carbocycles. The molecule has 3 aromatic rings. The Hall–Kier alpha value is -1.48. The van der Waals surface area contributed by atoms with Gasteiger partial charge in [0.15, 0.2) is 5.13 Å². The van der Waals surface area contributed by atoms with Crippen molar-refractivity contribution < 1.29 is 8.42 Å². The molecule has 0 unspecified atom stereocenters. The fourth-order valence-corrected chi connectivity index (χ4v) is 6.77. The Morgan fingerprint density at radius 3 is 2.40 bits per heavy atom. The number of piperazine rings is 1. The number of benzene rings is 1. The Kier molecular flexibility index (Phi) is 4.31. The summed E-state index contributed by atoms with van der Waals surface area (Å²) in [6, 6.07) is 7.68. The van der Waals surface area contributed by atoms with Crippen molar-refractivity contribution in [3.05, 3.63) is 40.8 Å². The zero-order valence-electron chi connectivity index (χ0n) is 14.1. The van der Waals surface area contributed by atoms with Crippen LogP contribution < -0.4 is 4.90 Å². The van der Waals surface area contributed by atoms with E-state index in [1.165, 1.54) is 27.2 Å². The molecular formula is C17H19N3O2S3. The highest BCUT2D eigenvalue weighted by Gasteiger charge is 2.30. The third-order valence-electron chi connectivity index (χ3n) is 4.53. The van der Waals surface area contributed by atoms with Crippen LogP contribution in [0.3, 0.4) is 0 Å². The molecule has 1 aliphatic rings. The molecular weight excluding hydrogens is 374 g/mol. The second-order valence-electron chi connectivity index (χ2n) is 6.20. The molecule has 1 aromatic carbocycles. The molecule has 0 spiro atoms. The van der Waals surface area contributed by atoms with Gasteiger partial charge >= 0.3 is 0 Å². The largest absolute Gasteiger partial charge is 0.345 e. The van der Waals surface area contributed by atoms with E-state index in [4.69, 9.17) is 4.98 Å². The van der Waals surface area contributed by atoms with Crippen LogP contribution in [0, 0.1) is 13.8 Å². The van der Waals surface area contributed by atoms with Gasteiger partial charge in [-0.1, -0.05) is 29.5 Å². The third-order valence-corrected chi connectivity index (χ3v) is 9.05. The maximum Gasteiger partial charge on any atom is 0.252 e. The first-order chi connectivity index (χ1) is 12.0. The van der Waals surface area contributed by atoms with Gasteiger partial charge in [0.2, 0.25) is 0 Å². The Balaban J connectivity index is 1.55. The maximum absolute atomic E-state index is 12.6. The van der Waals surface area contributed by atoms with Crippen LogP contribution in [0.25, 0.3) is 10.2 Å². The first kappa shape index (κ1) is 17.0. The standard InChI is InChI=1S/C17H19N3O2S3/c1-12-5-6-13(2)16-15(12)18-17(24-16)19-7-9-20(10-8-19)25(21,22)14-4-3-11-23-14/h3-6,11H,7-10H2,1-2H3. The average Bonchev–Trinajstić information content (AvgIpc) is 3.28. The highest BCUT2D eigenvalue weighted by molar-refractivity contribution is 7.91. The van der Waals surface area contributed by atoms with Crippen molar-refractivity contribution in [2.45, 2.75) is 18.1 Å². The van der Waals surface area contributed by atoms with Gasteiger partial charge in [-0.3, -0.25) is 0 Å². The van der Waals surface area contributed by atoms with Crippen molar-refractivity contribution in [3.63, 3.8) is 0 Å². The van der Waals surface area contributed by atoms with Gasteiger partial charge in [0, 0.05) is 26.2 Å². The minimum absolute atomic E-state index is 0.423. The number of fused-ring (bicyclic) bond motifs is 1. The van der Waals surface area contributed by atoms with Gasteiger partial charge in [-0.05, 0) is 36.4 Å². The van der Waals surface area contributed by atoms with Crippen LogP contribution in [-0.4, -0.2) is 43.9 Å². The first-order valence-corrected chi connectivity index (χ1v) is 11.3. The van der Waals surface area contributed by atoms with Crippen molar-refractivity contribution in [2.75, 3.05) is 31.1 Å². The Bertz CT molecular complexity index is 962. The SMILES string of the molecule is Cc1ccc(C)c2sc(N3CCN(S(=O)(=O)c4cccs4)CC3)nc12.